The highest BCUT2D eigenvalue weighted by molar-refractivity contribution is 9.10. The van der Waals surface area contributed by atoms with Gasteiger partial charge >= 0.3 is 0 Å². The molecular weight excluding hydrogens is 386 g/mol. The second kappa shape index (κ2) is 7.07. The Kier molecular flexibility index (Phi) is 5.54. The number of benzene rings is 1. The average Bonchev–Trinajstić information content (AvgIpc) is 3.17. The van der Waals surface area contributed by atoms with Gasteiger partial charge in [0.15, 0.2) is 5.82 Å². The van der Waals surface area contributed by atoms with E-state index in [1.165, 1.54) is 0 Å². The second-order valence-electron chi connectivity index (χ2n) is 5.48. The molecule has 1 aromatic carbocycles. The molecule has 126 valence electrons. The van der Waals surface area contributed by atoms with Gasteiger partial charge in [0.05, 0.1) is 19.8 Å². The maximum absolute atomic E-state index is 6.37. The molecule has 0 aliphatic heterocycles. The Hall–Kier alpha value is -1.31. The first-order valence-electron chi connectivity index (χ1n) is 7.12. The van der Waals surface area contributed by atoms with E-state index in [-0.39, 0.29) is 12.4 Å². The monoisotopic (exact) mass is 403 g/mol. The number of methoxy groups -OCH3 is 2. The standard InChI is InChI=1S/C15H18BrN3O3.ClH/c1-20-10-7-9(8-11(21-2)12(10)16)13-18-14(19-22-13)15(17)5-3-4-6-15;/h7-8H,3-6,17H2,1-2H3;1H. The summed E-state index contributed by atoms with van der Waals surface area (Å²) in [6.45, 7) is 0. The Labute approximate surface area is 149 Å². The van der Waals surface area contributed by atoms with Crippen LogP contribution in [0.3, 0.4) is 0 Å². The number of aromatic nitrogens is 2. The molecule has 23 heavy (non-hydrogen) atoms. The van der Waals surface area contributed by atoms with Gasteiger partial charge in [-0.25, -0.2) is 0 Å². The summed E-state index contributed by atoms with van der Waals surface area (Å²) in [5, 5.41) is 4.08. The van der Waals surface area contributed by atoms with Gasteiger partial charge in [0, 0.05) is 5.56 Å². The molecule has 6 nitrogen and oxygen atoms in total. The number of ether oxygens (including phenoxy) is 2. The summed E-state index contributed by atoms with van der Waals surface area (Å²) in [5.41, 5.74) is 6.63. The molecule has 1 saturated carbocycles. The van der Waals surface area contributed by atoms with Crippen LogP contribution in [0.25, 0.3) is 11.5 Å². The molecule has 0 spiro atoms. The van der Waals surface area contributed by atoms with E-state index in [1.54, 1.807) is 14.2 Å². The van der Waals surface area contributed by atoms with Crippen molar-refractivity contribution >= 4 is 28.3 Å². The summed E-state index contributed by atoms with van der Waals surface area (Å²) in [4.78, 5) is 4.49. The lowest BCUT2D eigenvalue weighted by Gasteiger charge is -2.17. The maximum atomic E-state index is 6.37. The Morgan fingerprint density at radius 2 is 1.74 bits per heavy atom. The first-order chi connectivity index (χ1) is 10.6. The molecule has 2 aromatic rings. The molecule has 1 heterocycles. The lowest BCUT2D eigenvalue weighted by atomic mass is 9.99. The van der Waals surface area contributed by atoms with Gasteiger partial charge in [0.2, 0.25) is 0 Å². The van der Waals surface area contributed by atoms with Crippen LogP contribution in [-0.4, -0.2) is 24.4 Å². The minimum Gasteiger partial charge on any atom is -0.495 e. The van der Waals surface area contributed by atoms with Gasteiger partial charge in [0.25, 0.3) is 5.89 Å². The Morgan fingerprint density at radius 1 is 1.17 bits per heavy atom. The fourth-order valence-electron chi connectivity index (χ4n) is 2.77. The Bertz CT molecular complexity index is 661. The van der Waals surface area contributed by atoms with Crippen LogP contribution < -0.4 is 15.2 Å². The third-order valence-corrected chi connectivity index (χ3v) is 4.84. The minimum atomic E-state index is -0.467. The summed E-state index contributed by atoms with van der Waals surface area (Å²) < 4.78 is 16.8. The van der Waals surface area contributed by atoms with E-state index in [4.69, 9.17) is 19.7 Å². The normalized spacial score (nSPS) is 16.0. The van der Waals surface area contributed by atoms with E-state index < -0.39 is 5.54 Å². The molecule has 1 aromatic heterocycles. The minimum absolute atomic E-state index is 0. The topological polar surface area (TPSA) is 83.4 Å². The quantitative estimate of drug-likeness (QED) is 0.837. The highest BCUT2D eigenvalue weighted by Crippen LogP contribution is 2.40. The van der Waals surface area contributed by atoms with Gasteiger partial charge in [-0.15, -0.1) is 12.4 Å². The van der Waals surface area contributed by atoms with Gasteiger partial charge in [0.1, 0.15) is 16.0 Å². The van der Waals surface area contributed by atoms with Crippen LogP contribution >= 0.6 is 28.3 Å². The third kappa shape index (κ3) is 3.32. The van der Waals surface area contributed by atoms with E-state index in [2.05, 4.69) is 26.1 Å². The fraction of sp³-hybridized carbons (Fsp3) is 0.467. The molecular formula is C15H19BrClN3O3. The van der Waals surface area contributed by atoms with Gasteiger partial charge in [-0.05, 0) is 40.9 Å². The van der Waals surface area contributed by atoms with Gasteiger partial charge in [-0.2, -0.15) is 4.98 Å². The van der Waals surface area contributed by atoms with Gasteiger partial charge in [-0.3, -0.25) is 0 Å². The lowest BCUT2D eigenvalue weighted by molar-refractivity contribution is 0.371. The van der Waals surface area contributed by atoms with Crippen LogP contribution in [0.4, 0.5) is 0 Å². The van der Waals surface area contributed by atoms with E-state index in [0.717, 1.165) is 35.7 Å². The van der Waals surface area contributed by atoms with E-state index in [0.29, 0.717) is 23.2 Å². The third-order valence-electron chi connectivity index (χ3n) is 4.06. The number of halogens is 2. The van der Waals surface area contributed by atoms with Crippen molar-refractivity contribution in [3.05, 3.63) is 22.4 Å². The number of rotatable bonds is 4. The molecule has 0 amide bonds. The van der Waals surface area contributed by atoms with Gasteiger partial charge < -0.3 is 19.7 Å². The van der Waals surface area contributed by atoms with Crippen LogP contribution in [0.15, 0.2) is 21.1 Å². The molecule has 2 N–H and O–H groups in total. The maximum Gasteiger partial charge on any atom is 0.258 e. The summed E-state index contributed by atoms with van der Waals surface area (Å²) in [7, 11) is 3.19. The van der Waals surface area contributed by atoms with Crippen molar-refractivity contribution in [2.45, 2.75) is 31.2 Å². The molecule has 0 saturated heterocycles. The highest BCUT2D eigenvalue weighted by atomic mass is 79.9. The molecule has 8 heteroatoms. The predicted octanol–water partition coefficient (Wildman–Crippen LogP) is 3.67. The van der Waals surface area contributed by atoms with E-state index in [9.17, 15) is 0 Å². The fourth-order valence-corrected chi connectivity index (χ4v) is 3.32. The molecule has 0 unspecified atom stereocenters. The molecule has 0 bridgehead atoms. The first-order valence-corrected chi connectivity index (χ1v) is 7.91. The zero-order chi connectivity index (χ0) is 15.7. The molecule has 3 rings (SSSR count). The second-order valence-corrected chi connectivity index (χ2v) is 6.27. The summed E-state index contributed by atoms with van der Waals surface area (Å²) in [6.07, 6.45) is 3.97. The smallest absolute Gasteiger partial charge is 0.258 e. The van der Waals surface area contributed by atoms with Crippen LogP contribution in [0.1, 0.15) is 31.5 Å². The summed E-state index contributed by atoms with van der Waals surface area (Å²) >= 11 is 3.44. The summed E-state index contributed by atoms with van der Waals surface area (Å²) in [6, 6.07) is 3.64. The lowest BCUT2D eigenvalue weighted by Crippen LogP contribution is -2.34. The first kappa shape index (κ1) is 18.0. The molecule has 0 atom stereocenters. The predicted molar refractivity (Wildman–Crippen MR) is 92.1 cm³/mol. The van der Waals surface area contributed by atoms with Crippen molar-refractivity contribution in [2.24, 2.45) is 5.73 Å². The van der Waals surface area contributed by atoms with Crippen LogP contribution in [0.5, 0.6) is 11.5 Å². The Balaban J connectivity index is 0.00000192. The van der Waals surface area contributed by atoms with Crippen molar-refractivity contribution in [3.63, 3.8) is 0 Å². The van der Waals surface area contributed by atoms with E-state index in [1.807, 2.05) is 12.1 Å². The molecule has 1 fully saturated rings. The summed E-state index contributed by atoms with van der Waals surface area (Å²) in [5.74, 6) is 2.26. The molecule has 0 radical (unpaired) electrons. The van der Waals surface area contributed by atoms with Gasteiger partial charge in [-0.1, -0.05) is 18.0 Å². The number of nitrogens with two attached hydrogens (primary N) is 1. The van der Waals surface area contributed by atoms with Crippen LogP contribution in [-0.2, 0) is 5.54 Å². The zero-order valence-electron chi connectivity index (χ0n) is 13.0. The van der Waals surface area contributed by atoms with Crippen LogP contribution in [0, 0.1) is 0 Å². The Morgan fingerprint density at radius 3 is 2.26 bits per heavy atom. The number of nitrogens with zero attached hydrogens (tertiary/aromatic N) is 2. The van der Waals surface area contributed by atoms with Crippen LogP contribution in [0.2, 0.25) is 0 Å². The molecule has 1 aliphatic rings. The molecule has 1 aliphatic carbocycles. The van der Waals surface area contributed by atoms with Crippen molar-refractivity contribution in [1.29, 1.82) is 0 Å². The highest BCUT2D eigenvalue weighted by Gasteiger charge is 2.36. The van der Waals surface area contributed by atoms with Crippen molar-refractivity contribution in [2.75, 3.05) is 14.2 Å². The van der Waals surface area contributed by atoms with Crippen molar-refractivity contribution < 1.29 is 14.0 Å². The SMILES string of the molecule is COc1cc(-c2nc(C3(N)CCCC3)no2)cc(OC)c1Br.Cl. The average molecular weight is 405 g/mol. The van der Waals surface area contributed by atoms with Crippen molar-refractivity contribution in [3.8, 4) is 23.0 Å². The number of hydrogen-bond donors (Lipinski definition) is 1. The van der Waals surface area contributed by atoms with E-state index >= 15 is 0 Å². The zero-order valence-corrected chi connectivity index (χ0v) is 15.4. The largest absolute Gasteiger partial charge is 0.495 e. The number of hydrogen-bond acceptors (Lipinski definition) is 6. The van der Waals surface area contributed by atoms with Crippen molar-refractivity contribution in [1.82, 2.24) is 10.1 Å².